The van der Waals surface area contributed by atoms with Gasteiger partial charge in [-0.05, 0) is 38.0 Å². The van der Waals surface area contributed by atoms with Gasteiger partial charge in [-0.1, -0.05) is 11.6 Å². The minimum atomic E-state index is -0.567. The molecule has 0 aliphatic carbocycles. The average molecular weight is 338 g/mol. The van der Waals surface area contributed by atoms with E-state index in [1.165, 1.54) is 0 Å². The van der Waals surface area contributed by atoms with Crippen LogP contribution in [0.1, 0.15) is 19.8 Å². The molecule has 1 fully saturated rings. The Morgan fingerprint density at radius 1 is 1.61 bits per heavy atom. The van der Waals surface area contributed by atoms with Gasteiger partial charge in [-0.15, -0.1) is 0 Å². The number of anilines is 1. The summed E-state index contributed by atoms with van der Waals surface area (Å²) in [5, 5.41) is 3.41. The molecule has 1 aliphatic rings. The van der Waals surface area contributed by atoms with Crippen molar-refractivity contribution >= 4 is 34.5 Å². The fraction of sp³-hybridized carbons (Fsp3) is 0.500. The predicted octanol–water partition coefficient (Wildman–Crippen LogP) is 2.75. The van der Waals surface area contributed by atoms with Gasteiger partial charge in [0.05, 0.1) is 23.7 Å². The highest BCUT2D eigenvalue weighted by Gasteiger charge is 2.21. The number of ether oxygens (including phenoxy) is 2. The van der Waals surface area contributed by atoms with E-state index in [4.69, 9.17) is 21.1 Å². The van der Waals surface area contributed by atoms with Crippen LogP contribution < -0.4 is 5.32 Å². The average Bonchev–Trinajstić information content (AvgIpc) is 3.14. The van der Waals surface area contributed by atoms with Crippen LogP contribution in [0.4, 0.5) is 5.95 Å². The molecule has 23 heavy (non-hydrogen) atoms. The van der Waals surface area contributed by atoms with Crippen LogP contribution in [0.2, 0.25) is 5.02 Å². The van der Waals surface area contributed by atoms with E-state index in [1.54, 1.807) is 19.1 Å². The second kappa shape index (κ2) is 6.86. The Kier molecular flexibility index (Phi) is 4.84. The predicted molar refractivity (Wildman–Crippen MR) is 88.7 cm³/mol. The first kappa shape index (κ1) is 16.2. The summed E-state index contributed by atoms with van der Waals surface area (Å²) in [6.45, 7) is 2.94. The van der Waals surface area contributed by atoms with E-state index in [0.717, 1.165) is 30.5 Å². The Morgan fingerprint density at radius 3 is 3.17 bits per heavy atom. The van der Waals surface area contributed by atoms with Crippen molar-refractivity contribution in [3.63, 3.8) is 0 Å². The van der Waals surface area contributed by atoms with Gasteiger partial charge in [0.15, 0.2) is 0 Å². The maximum Gasteiger partial charge on any atom is 0.255 e. The molecule has 2 atom stereocenters. The summed E-state index contributed by atoms with van der Waals surface area (Å²) < 4.78 is 12.9. The highest BCUT2D eigenvalue weighted by molar-refractivity contribution is 6.31. The molecule has 2 heterocycles. The number of rotatable bonds is 5. The van der Waals surface area contributed by atoms with Crippen LogP contribution in [-0.2, 0) is 21.3 Å². The van der Waals surface area contributed by atoms with Crippen LogP contribution in [0, 0.1) is 0 Å². The number of benzene rings is 1. The van der Waals surface area contributed by atoms with Crippen molar-refractivity contribution in [1.29, 1.82) is 0 Å². The lowest BCUT2D eigenvalue weighted by atomic mass is 10.2. The summed E-state index contributed by atoms with van der Waals surface area (Å²) in [5.74, 6) is 0.243. The third-order valence-corrected chi connectivity index (χ3v) is 4.24. The summed E-state index contributed by atoms with van der Waals surface area (Å²) in [4.78, 5) is 16.7. The van der Waals surface area contributed by atoms with Gasteiger partial charge < -0.3 is 14.0 Å². The summed E-state index contributed by atoms with van der Waals surface area (Å²) in [7, 11) is 1.84. The maximum atomic E-state index is 12.3. The molecular weight excluding hydrogens is 318 g/mol. The maximum absolute atomic E-state index is 12.3. The SMILES string of the molecule is C[C@H](OC[C@@H]1CCCO1)C(=O)Nc1nc2cc(Cl)ccc2n1C. The van der Waals surface area contributed by atoms with Crippen molar-refractivity contribution in [3.8, 4) is 0 Å². The normalized spacial score (nSPS) is 19.2. The Hall–Kier alpha value is -1.63. The van der Waals surface area contributed by atoms with Gasteiger partial charge in [-0.25, -0.2) is 4.98 Å². The smallest absolute Gasteiger partial charge is 0.255 e. The van der Waals surface area contributed by atoms with Crippen LogP contribution >= 0.6 is 11.6 Å². The fourth-order valence-electron chi connectivity index (χ4n) is 2.60. The van der Waals surface area contributed by atoms with Gasteiger partial charge in [-0.3, -0.25) is 10.1 Å². The highest BCUT2D eigenvalue weighted by atomic mass is 35.5. The highest BCUT2D eigenvalue weighted by Crippen LogP contribution is 2.22. The van der Waals surface area contributed by atoms with Crippen molar-refractivity contribution in [2.45, 2.75) is 32.0 Å². The first-order valence-corrected chi connectivity index (χ1v) is 8.08. The molecule has 6 nitrogen and oxygen atoms in total. The number of nitrogens with one attached hydrogen (secondary N) is 1. The summed E-state index contributed by atoms with van der Waals surface area (Å²) in [5.41, 5.74) is 1.64. The van der Waals surface area contributed by atoms with Crippen molar-refractivity contribution in [2.24, 2.45) is 7.05 Å². The standard InChI is InChI=1S/C16H20ClN3O3/c1-10(23-9-12-4-3-7-22-12)15(21)19-16-18-13-8-11(17)5-6-14(13)20(16)2/h5-6,8,10,12H,3-4,7,9H2,1-2H3,(H,18,19,21)/t10-,12-/m0/s1. The number of halogens is 1. The van der Waals surface area contributed by atoms with Crippen molar-refractivity contribution in [3.05, 3.63) is 23.2 Å². The molecule has 0 unspecified atom stereocenters. The van der Waals surface area contributed by atoms with Gasteiger partial charge >= 0.3 is 0 Å². The van der Waals surface area contributed by atoms with E-state index in [2.05, 4.69) is 10.3 Å². The Balaban J connectivity index is 1.63. The minimum Gasteiger partial charge on any atom is -0.376 e. The molecule has 1 N–H and O–H groups in total. The number of nitrogens with zero attached hydrogens (tertiary/aromatic N) is 2. The summed E-state index contributed by atoms with van der Waals surface area (Å²) in [6, 6.07) is 5.44. The second-order valence-electron chi connectivity index (χ2n) is 5.73. The zero-order chi connectivity index (χ0) is 16.4. The van der Waals surface area contributed by atoms with Crippen LogP contribution in [0.15, 0.2) is 18.2 Å². The zero-order valence-corrected chi connectivity index (χ0v) is 14.0. The molecule has 1 aromatic heterocycles. The lowest BCUT2D eigenvalue weighted by Crippen LogP contribution is -2.31. The molecule has 1 amide bonds. The number of aromatic nitrogens is 2. The van der Waals surface area contributed by atoms with Crippen LogP contribution in [-0.4, -0.2) is 40.9 Å². The molecule has 0 spiro atoms. The third-order valence-electron chi connectivity index (χ3n) is 4.00. The van der Waals surface area contributed by atoms with Crippen molar-refractivity contribution in [1.82, 2.24) is 9.55 Å². The van der Waals surface area contributed by atoms with E-state index < -0.39 is 6.10 Å². The van der Waals surface area contributed by atoms with Crippen LogP contribution in [0.3, 0.4) is 0 Å². The van der Waals surface area contributed by atoms with E-state index in [-0.39, 0.29) is 12.0 Å². The number of amides is 1. The molecule has 0 saturated carbocycles. The third kappa shape index (κ3) is 3.65. The van der Waals surface area contributed by atoms with E-state index in [0.29, 0.717) is 17.6 Å². The molecule has 7 heteroatoms. The van der Waals surface area contributed by atoms with E-state index in [9.17, 15) is 4.79 Å². The Morgan fingerprint density at radius 2 is 2.43 bits per heavy atom. The Labute approximate surface area is 139 Å². The Bertz CT molecular complexity index is 710. The number of carbonyl (C=O) groups excluding carboxylic acids is 1. The van der Waals surface area contributed by atoms with Crippen molar-refractivity contribution < 1.29 is 14.3 Å². The number of hydrogen-bond donors (Lipinski definition) is 1. The molecule has 124 valence electrons. The van der Waals surface area contributed by atoms with Gasteiger partial charge in [-0.2, -0.15) is 0 Å². The molecule has 1 saturated heterocycles. The van der Waals surface area contributed by atoms with Gasteiger partial charge in [0.1, 0.15) is 6.10 Å². The number of carbonyl (C=O) groups is 1. The quantitative estimate of drug-likeness (QED) is 0.911. The summed E-state index contributed by atoms with van der Waals surface area (Å²) in [6.07, 6.45) is 1.57. The molecular formula is C16H20ClN3O3. The van der Waals surface area contributed by atoms with Crippen LogP contribution in [0.5, 0.6) is 0 Å². The topological polar surface area (TPSA) is 65.4 Å². The molecule has 3 rings (SSSR count). The minimum absolute atomic E-state index is 0.100. The van der Waals surface area contributed by atoms with Gasteiger partial charge in [0.25, 0.3) is 5.91 Å². The molecule has 0 radical (unpaired) electrons. The second-order valence-corrected chi connectivity index (χ2v) is 6.16. The number of hydrogen-bond acceptors (Lipinski definition) is 4. The zero-order valence-electron chi connectivity index (χ0n) is 13.2. The molecule has 2 aromatic rings. The fourth-order valence-corrected chi connectivity index (χ4v) is 2.77. The largest absolute Gasteiger partial charge is 0.376 e. The van der Waals surface area contributed by atoms with E-state index >= 15 is 0 Å². The first-order chi connectivity index (χ1) is 11.0. The van der Waals surface area contributed by atoms with Crippen molar-refractivity contribution in [2.75, 3.05) is 18.5 Å². The monoisotopic (exact) mass is 337 g/mol. The molecule has 1 aliphatic heterocycles. The number of fused-ring (bicyclic) bond motifs is 1. The van der Waals surface area contributed by atoms with Gasteiger partial charge in [0, 0.05) is 18.7 Å². The lowest BCUT2D eigenvalue weighted by molar-refractivity contribution is -0.128. The lowest BCUT2D eigenvalue weighted by Gasteiger charge is -2.15. The van der Waals surface area contributed by atoms with Crippen LogP contribution in [0.25, 0.3) is 11.0 Å². The number of imidazole rings is 1. The summed E-state index contributed by atoms with van der Waals surface area (Å²) >= 11 is 5.97. The van der Waals surface area contributed by atoms with E-state index in [1.807, 2.05) is 17.7 Å². The molecule has 1 aromatic carbocycles. The molecule has 0 bridgehead atoms. The number of aryl methyl sites for hydroxylation is 1. The first-order valence-electron chi connectivity index (χ1n) is 7.70. The van der Waals surface area contributed by atoms with Gasteiger partial charge in [0.2, 0.25) is 5.95 Å².